The Morgan fingerprint density at radius 3 is 2.00 bits per heavy atom. The van der Waals surface area contributed by atoms with Gasteiger partial charge in [-0.1, -0.05) is 156 Å². The number of aryl methyl sites for hydroxylation is 1. The predicted octanol–water partition coefficient (Wildman–Crippen LogP) is 13.1. The smallest absolute Gasteiger partial charge is 0.197 e. The molecule has 7 aromatic rings. The first-order valence-corrected chi connectivity index (χ1v) is 21.7. The third-order valence-electron chi connectivity index (χ3n) is 15.4. The zero-order valence-corrected chi connectivity index (χ0v) is 35.6. The highest BCUT2D eigenvalue weighted by atomic mass is 15.2. The molecular weight excluding hydrogens is 711 g/mol. The molecule has 1 atom stereocenters. The lowest BCUT2D eigenvalue weighted by molar-refractivity contribution is 0.331. The lowest BCUT2D eigenvalue weighted by atomic mass is 9.55. The van der Waals surface area contributed by atoms with Crippen LogP contribution < -0.4 is 21.1 Å². The molecule has 2 aliphatic carbocycles. The fourth-order valence-corrected chi connectivity index (χ4v) is 12.2. The van der Waals surface area contributed by atoms with E-state index in [4.69, 9.17) is 0 Å². The van der Waals surface area contributed by atoms with E-state index in [1.165, 1.54) is 130 Å². The lowest BCUT2D eigenvalue weighted by Gasteiger charge is -2.49. The van der Waals surface area contributed by atoms with Crippen LogP contribution in [0.2, 0.25) is 0 Å². The number of benzene rings is 7. The first kappa shape index (κ1) is 35.2. The summed E-state index contributed by atoms with van der Waals surface area (Å²) in [7, 11) is 2.49. The molecular formula is C56H50BN2. The molecule has 1 N–H and O–H groups in total. The lowest BCUT2D eigenvalue weighted by Crippen LogP contribution is -2.46. The molecule has 0 fully saturated rings. The molecule has 3 heteroatoms. The maximum atomic E-state index is 4.13. The second-order valence-corrected chi connectivity index (χ2v) is 20.1. The van der Waals surface area contributed by atoms with Gasteiger partial charge in [-0.2, -0.15) is 0 Å². The molecule has 12 rings (SSSR count). The van der Waals surface area contributed by atoms with Crippen LogP contribution in [0.1, 0.15) is 106 Å². The van der Waals surface area contributed by atoms with E-state index in [1.54, 1.807) is 0 Å². The van der Waals surface area contributed by atoms with Crippen LogP contribution in [0.5, 0.6) is 0 Å². The monoisotopic (exact) mass is 761 g/mol. The van der Waals surface area contributed by atoms with Crippen molar-refractivity contribution in [2.45, 2.75) is 89.9 Å². The molecule has 7 aromatic carbocycles. The third kappa shape index (κ3) is 4.49. The molecule has 3 heterocycles. The Hall–Kier alpha value is -5.80. The minimum absolute atomic E-state index is 0.0999. The molecule has 0 aromatic heterocycles. The Labute approximate surface area is 350 Å². The van der Waals surface area contributed by atoms with Gasteiger partial charge in [-0.25, -0.2) is 0 Å². The van der Waals surface area contributed by atoms with E-state index < -0.39 is 0 Å². The van der Waals surface area contributed by atoms with Crippen LogP contribution in [0.3, 0.4) is 0 Å². The van der Waals surface area contributed by atoms with E-state index >= 15 is 0 Å². The van der Waals surface area contributed by atoms with Crippen molar-refractivity contribution in [2.75, 3.05) is 10.2 Å². The minimum Gasteiger partial charge on any atom is -0.354 e. The topological polar surface area (TPSA) is 15.3 Å². The van der Waals surface area contributed by atoms with Crippen molar-refractivity contribution in [2.24, 2.45) is 0 Å². The van der Waals surface area contributed by atoms with Crippen molar-refractivity contribution < 1.29 is 0 Å². The fourth-order valence-electron chi connectivity index (χ4n) is 12.2. The van der Waals surface area contributed by atoms with Gasteiger partial charge in [0.15, 0.2) is 7.28 Å². The summed E-state index contributed by atoms with van der Waals surface area (Å²) in [5.41, 5.74) is 27.5. The van der Waals surface area contributed by atoms with Gasteiger partial charge in [-0.3, -0.25) is 0 Å². The summed E-state index contributed by atoms with van der Waals surface area (Å²) in [5.74, 6) is 0. The van der Waals surface area contributed by atoms with Gasteiger partial charge >= 0.3 is 0 Å². The molecule has 0 saturated heterocycles. The number of hydrogen-bond donors (Lipinski definition) is 1. The number of anilines is 5. The summed E-state index contributed by atoms with van der Waals surface area (Å²) in [6.07, 6.45) is 2.39. The number of fused-ring (bicyclic) bond motifs is 10. The van der Waals surface area contributed by atoms with E-state index in [0.29, 0.717) is 0 Å². The van der Waals surface area contributed by atoms with Gasteiger partial charge in [-0.15, -0.1) is 0 Å². The summed E-state index contributed by atoms with van der Waals surface area (Å²) in [6, 6.07) is 48.8. The molecule has 2 nitrogen and oxygen atoms in total. The van der Waals surface area contributed by atoms with E-state index in [9.17, 15) is 0 Å². The highest BCUT2D eigenvalue weighted by Gasteiger charge is 2.49. The van der Waals surface area contributed by atoms with Gasteiger partial charge in [0.05, 0.1) is 11.4 Å². The molecule has 5 aliphatic rings. The molecule has 0 amide bonds. The summed E-state index contributed by atoms with van der Waals surface area (Å²) in [6.45, 7) is 19.5. The predicted molar refractivity (Wildman–Crippen MR) is 250 cm³/mol. The van der Waals surface area contributed by atoms with Crippen LogP contribution in [-0.2, 0) is 21.7 Å². The van der Waals surface area contributed by atoms with Crippen LogP contribution in [0.25, 0.3) is 33.4 Å². The van der Waals surface area contributed by atoms with E-state index in [-0.39, 0.29) is 21.7 Å². The largest absolute Gasteiger partial charge is 0.354 e. The average Bonchev–Trinajstić information content (AvgIpc) is 3.50. The minimum atomic E-state index is -0.351. The summed E-state index contributed by atoms with van der Waals surface area (Å²) < 4.78 is 0. The van der Waals surface area contributed by atoms with Crippen LogP contribution in [0, 0.1) is 6.92 Å². The Kier molecular flexibility index (Phi) is 6.84. The van der Waals surface area contributed by atoms with E-state index in [0.717, 1.165) is 0 Å². The van der Waals surface area contributed by atoms with Crippen molar-refractivity contribution in [3.63, 3.8) is 0 Å². The Morgan fingerprint density at radius 2 is 1.20 bits per heavy atom. The number of rotatable bonds is 2. The molecule has 287 valence electrons. The van der Waals surface area contributed by atoms with E-state index in [1.807, 2.05) is 0 Å². The molecule has 0 spiro atoms. The summed E-state index contributed by atoms with van der Waals surface area (Å²) in [4.78, 5) is 2.66. The maximum Gasteiger partial charge on any atom is 0.197 e. The molecule has 0 bridgehead atoms. The van der Waals surface area contributed by atoms with Gasteiger partial charge in [0, 0.05) is 33.5 Å². The first-order chi connectivity index (χ1) is 28.3. The highest BCUT2D eigenvalue weighted by molar-refractivity contribution is 6.73. The normalized spacial score (nSPS) is 19.8. The van der Waals surface area contributed by atoms with E-state index in [2.05, 4.69) is 200 Å². The second kappa shape index (κ2) is 11.5. The molecule has 1 unspecified atom stereocenters. The van der Waals surface area contributed by atoms with Crippen LogP contribution >= 0.6 is 0 Å². The van der Waals surface area contributed by atoms with Crippen molar-refractivity contribution in [3.05, 3.63) is 172 Å². The van der Waals surface area contributed by atoms with Gasteiger partial charge in [0.1, 0.15) is 0 Å². The van der Waals surface area contributed by atoms with Crippen LogP contribution in [0.15, 0.2) is 127 Å². The number of para-hydroxylation sites is 1. The average molecular weight is 762 g/mol. The summed E-state index contributed by atoms with van der Waals surface area (Å²) >= 11 is 0. The maximum absolute atomic E-state index is 4.13. The molecule has 0 saturated carbocycles. The standard InChI is InChI=1S/C56H50BN2/c1-32-28-38(37-25-24-34(33-16-10-9-11-17-33)49-51(37)58-45-23-14-19-36-35-18-12-13-20-39(35)56(49,8)48(36)45)50-47(29-32)59-46-31-42-41(53(2,3)26-27-54(42,4)5)30-43(46)55(6,7)40-21-15-22-44(57-50)52(40)59/h9-25,28-31,58H,26-27H2,1-8H3. The Bertz CT molecular complexity index is 3000. The quantitative estimate of drug-likeness (QED) is 0.177. The summed E-state index contributed by atoms with van der Waals surface area (Å²) in [5, 5.41) is 4.13. The molecule has 3 aliphatic heterocycles. The van der Waals surface area contributed by atoms with Crippen molar-refractivity contribution in [1.29, 1.82) is 0 Å². The number of nitrogens with zero attached hydrogens (tertiary/aromatic N) is 1. The molecule has 1 radical (unpaired) electrons. The number of nitrogens with one attached hydrogen (secondary N) is 1. The van der Waals surface area contributed by atoms with Gasteiger partial charge in [-0.05, 0) is 134 Å². The van der Waals surface area contributed by atoms with Crippen LogP contribution in [0.4, 0.5) is 28.4 Å². The van der Waals surface area contributed by atoms with Gasteiger partial charge in [0.25, 0.3) is 0 Å². The molecule has 59 heavy (non-hydrogen) atoms. The van der Waals surface area contributed by atoms with Gasteiger partial charge in [0.2, 0.25) is 0 Å². The zero-order valence-electron chi connectivity index (χ0n) is 35.6. The SMILES string of the molecule is Cc1cc(-c2ccc(-c3ccccc3)c3c2Nc2cccc4c2C3(C)c2ccccc2-4)c2c(c1)N1c3cc4c(cc3C(C)(C)c3cccc(c31)[B]2)C(C)(C)CCC4(C)C. The second-order valence-electron chi connectivity index (χ2n) is 20.1. The zero-order chi connectivity index (χ0) is 40.4. The fraction of sp³-hybridized carbons (Fsp3) is 0.250. The van der Waals surface area contributed by atoms with Crippen molar-refractivity contribution in [1.82, 2.24) is 0 Å². The first-order valence-electron chi connectivity index (χ1n) is 21.7. The highest BCUT2D eigenvalue weighted by Crippen LogP contribution is 2.63. The van der Waals surface area contributed by atoms with Gasteiger partial charge < -0.3 is 10.2 Å². The Balaban J connectivity index is 1.15. The van der Waals surface area contributed by atoms with Crippen molar-refractivity contribution >= 4 is 46.6 Å². The van der Waals surface area contributed by atoms with Crippen LogP contribution in [-0.4, -0.2) is 7.28 Å². The third-order valence-corrected chi connectivity index (χ3v) is 15.4. The number of hydrogen-bond acceptors (Lipinski definition) is 2. The Morgan fingerprint density at radius 1 is 0.525 bits per heavy atom. The van der Waals surface area contributed by atoms with Crippen molar-refractivity contribution in [3.8, 4) is 33.4 Å².